The van der Waals surface area contributed by atoms with Crippen molar-refractivity contribution in [1.29, 1.82) is 0 Å². The molecule has 0 saturated carbocycles. The number of likely N-dealkylation sites (tertiary alicyclic amines) is 1. The van der Waals surface area contributed by atoms with Gasteiger partial charge in [-0.1, -0.05) is 17.7 Å². The zero-order valence-electron chi connectivity index (χ0n) is 10.2. The second-order valence-electron chi connectivity index (χ2n) is 4.57. The van der Waals surface area contributed by atoms with Crippen LogP contribution in [0.5, 0.6) is 0 Å². The maximum Gasteiger partial charge on any atom is 0.255 e. The third-order valence-electron chi connectivity index (χ3n) is 3.37. The Kier molecular flexibility index (Phi) is 4.47. The summed E-state index contributed by atoms with van der Waals surface area (Å²) in [6.45, 7) is 1.07. The zero-order chi connectivity index (χ0) is 14.0. The van der Waals surface area contributed by atoms with E-state index < -0.39 is 0 Å². The fourth-order valence-electron chi connectivity index (χ4n) is 2.21. The van der Waals surface area contributed by atoms with Crippen LogP contribution >= 0.6 is 27.5 Å². The molecule has 0 unspecified atom stereocenters. The maximum absolute atomic E-state index is 12.4. The molecule has 19 heavy (non-hydrogen) atoms. The Morgan fingerprint density at radius 3 is 2.53 bits per heavy atom. The van der Waals surface area contributed by atoms with Gasteiger partial charge in [-0.3, -0.25) is 9.59 Å². The molecule has 2 N–H and O–H groups in total. The van der Waals surface area contributed by atoms with Crippen molar-refractivity contribution in [3.8, 4) is 0 Å². The predicted octanol–water partition coefficient (Wildman–Crippen LogP) is 2.44. The van der Waals surface area contributed by atoms with Crippen LogP contribution in [-0.2, 0) is 4.79 Å². The molecule has 0 radical (unpaired) electrons. The van der Waals surface area contributed by atoms with E-state index in [9.17, 15) is 9.59 Å². The average Bonchev–Trinajstić information content (AvgIpc) is 2.41. The van der Waals surface area contributed by atoms with E-state index in [2.05, 4.69) is 15.9 Å². The van der Waals surface area contributed by atoms with E-state index in [1.54, 1.807) is 23.1 Å². The first-order valence-corrected chi connectivity index (χ1v) is 7.20. The summed E-state index contributed by atoms with van der Waals surface area (Å²) < 4.78 is 0.701. The Hall–Kier alpha value is -1.07. The van der Waals surface area contributed by atoms with Gasteiger partial charge in [0.15, 0.2) is 0 Å². The van der Waals surface area contributed by atoms with Crippen LogP contribution in [0.3, 0.4) is 0 Å². The molecular formula is C13H14BrClN2O2. The molecule has 2 amide bonds. The molecule has 0 aliphatic carbocycles. The first kappa shape index (κ1) is 14.3. The molecule has 1 heterocycles. The normalized spacial score (nSPS) is 16.4. The highest BCUT2D eigenvalue weighted by molar-refractivity contribution is 9.10. The third kappa shape index (κ3) is 3.09. The van der Waals surface area contributed by atoms with E-state index in [1.807, 2.05) is 0 Å². The lowest BCUT2D eigenvalue weighted by Gasteiger charge is -2.30. The Morgan fingerprint density at radius 1 is 1.32 bits per heavy atom. The molecule has 1 aromatic rings. The largest absolute Gasteiger partial charge is 0.369 e. The van der Waals surface area contributed by atoms with Crippen LogP contribution in [0.4, 0.5) is 0 Å². The van der Waals surface area contributed by atoms with Crippen molar-refractivity contribution in [2.24, 2.45) is 11.7 Å². The molecule has 102 valence electrons. The van der Waals surface area contributed by atoms with Gasteiger partial charge >= 0.3 is 0 Å². The van der Waals surface area contributed by atoms with Crippen molar-refractivity contribution in [1.82, 2.24) is 4.90 Å². The first-order chi connectivity index (χ1) is 9.00. The molecule has 1 aliphatic rings. The van der Waals surface area contributed by atoms with Gasteiger partial charge in [0.05, 0.1) is 10.6 Å². The minimum Gasteiger partial charge on any atom is -0.369 e. The van der Waals surface area contributed by atoms with Crippen molar-refractivity contribution >= 4 is 39.3 Å². The smallest absolute Gasteiger partial charge is 0.255 e. The summed E-state index contributed by atoms with van der Waals surface area (Å²) in [5.74, 6) is -0.510. The lowest BCUT2D eigenvalue weighted by atomic mass is 9.96. The molecule has 1 fully saturated rings. The van der Waals surface area contributed by atoms with Crippen molar-refractivity contribution < 1.29 is 9.59 Å². The average molecular weight is 346 g/mol. The van der Waals surface area contributed by atoms with Gasteiger partial charge in [0.25, 0.3) is 5.91 Å². The number of nitrogens with zero attached hydrogens (tertiary/aromatic N) is 1. The molecular weight excluding hydrogens is 332 g/mol. The lowest BCUT2D eigenvalue weighted by Crippen LogP contribution is -2.41. The number of hydrogen-bond donors (Lipinski definition) is 1. The molecule has 1 saturated heterocycles. The van der Waals surface area contributed by atoms with E-state index >= 15 is 0 Å². The van der Waals surface area contributed by atoms with Crippen molar-refractivity contribution in [2.75, 3.05) is 13.1 Å². The number of rotatable bonds is 2. The number of hydrogen-bond acceptors (Lipinski definition) is 2. The van der Waals surface area contributed by atoms with E-state index in [0.29, 0.717) is 41.0 Å². The summed E-state index contributed by atoms with van der Waals surface area (Å²) in [5.41, 5.74) is 5.75. The summed E-state index contributed by atoms with van der Waals surface area (Å²) in [6.07, 6.45) is 1.24. The van der Waals surface area contributed by atoms with Gasteiger partial charge in [0, 0.05) is 23.5 Å². The second kappa shape index (κ2) is 5.92. The van der Waals surface area contributed by atoms with Gasteiger partial charge in [0.1, 0.15) is 0 Å². The van der Waals surface area contributed by atoms with Crippen LogP contribution in [0.2, 0.25) is 5.02 Å². The van der Waals surface area contributed by atoms with Crippen LogP contribution < -0.4 is 5.73 Å². The summed E-state index contributed by atoms with van der Waals surface area (Å²) in [4.78, 5) is 25.2. The van der Waals surface area contributed by atoms with Crippen LogP contribution in [-0.4, -0.2) is 29.8 Å². The number of carbonyl (C=O) groups is 2. The number of amides is 2. The number of piperidine rings is 1. The summed E-state index contributed by atoms with van der Waals surface area (Å²) in [5, 5.41) is 0.421. The Morgan fingerprint density at radius 2 is 1.95 bits per heavy atom. The Bertz CT molecular complexity index is 513. The van der Waals surface area contributed by atoms with Crippen LogP contribution in [0.1, 0.15) is 23.2 Å². The van der Waals surface area contributed by atoms with Gasteiger partial charge in [-0.2, -0.15) is 0 Å². The minimum atomic E-state index is -0.285. The molecule has 0 bridgehead atoms. The van der Waals surface area contributed by atoms with Gasteiger partial charge in [-0.05, 0) is 40.9 Å². The molecule has 1 aromatic carbocycles. The first-order valence-electron chi connectivity index (χ1n) is 6.03. The lowest BCUT2D eigenvalue weighted by molar-refractivity contribution is -0.123. The van der Waals surface area contributed by atoms with Crippen LogP contribution in [0, 0.1) is 5.92 Å². The number of halogens is 2. The van der Waals surface area contributed by atoms with Crippen molar-refractivity contribution in [3.63, 3.8) is 0 Å². The summed E-state index contributed by atoms with van der Waals surface area (Å²) >= 11 is 9.42. The van der Waals surface area contributed by atoms with Crippen LogP contribution in [0.25, 0.3) is 0 Å². The van der Waals surface area contributed by atoms with Gasteiger partial charge in [0.2, 0.25) is 5.91 Å². The van der Waals surface area contributed by atoms with E-state index in [1.165, 1.54) is 0 Å². The van der Waals surface area contributed by atoms with E-state index in [4.69, 9.17) is 17.3 Å². The Labute approximate surface area is 125 Å². The standard InChI is InChI=1S/C13H14BrClN2O2/c14-10-3-1-2-9(11(10)15)13(19)17-6-4-8(5-7-17)12(16)18/h1-3,8H,4-7H2,(H2,16,18). The zero-order valence-corrected chi connectivity index (χ0v) is 12.6. The number of nitrogens with two attached hydrogens (primary N) is 1. The highest BCUT2D eigenvalue weighted by Crippen LogP contribution is 2.28. The fraction of sp³-hybridized carbons (Fsp3) is 0.385. The highest BCUT2D eigenvalue weighted by Gasteiger charge is 2.27. The van der Waals surface area contributed by atoms with E-state index in [0.717, 1.165) is 0 Å². The maximum atomic E-state index is 12.4. The number of carbonyl (C=O) groups excluding carboxylic acids is 2. The SMILES string of the molecule is NC(=O)C1CCN(C(=O)c2cccc(Br)c2Cl)CC1. The molecule has 0 atom stereocenters. The van der Waals surface area contributed by atoms with E-state index in [-0.39, 0.29) is 17.7 Å². The topological polar surface area (TPSA) is 63.4 Å². The third-order valence-corrected chi connectivity index (χ3v) is 4.66. The van der Waals surface area contributed by atoms with Gasteiger partial charge in [-0.25, -0.2) is 0 Å². The minimum absolute atomic E-state index is 0.103. The fourth-order valence-corrected chi connectivity index (χ4v) is 2.78. The predicted molar refractivity (Wildman–Crippen MR) is 77.0 cm³/mol. The van der Waals surface area contributed by atoms with Gasteiger partial charge < -0.3 is 10.6 Å². The summed E-state index contributed by atoms with van der Waals surface area (Å²) in [6, 6.07) is 5.27. The summed E-state index contributed by atoms with van der Waals surface area (Å²) in [7, 11) is 0. The molecule has 1 aliphatic heterocycles. The van der Waals surface area contributed by atoms with Gasteiger partial charge in [-0.15, -0.1) is 0 Å². The number of benzene rings is 1. The molecule has 0 spiro atoms. The van der Waals surface area contributed by atoms with Crippen molar-refractivity contribution in [3.05, 3.63) is 33.3 Å². The van der Waals surface area contributed by atoms with Crippen molar-refractivity contribution in [2.45, 2.75) is 12.8 Å². The molecule has 4 nitrogen and oxygen atoms in total. The molecule has 6 heteroatoms. The molecule has 0 aromatic heterocycles. The second-order valence-corrected chi connectivity index (χ2v) is 5.80. The highest BCUT2D eigenvalue weighted by atomic mass is 79.9. The molecule has 2 rings (SSSR count). The quantitative estimate of drug-likeness (QED) is 0.895. The monoisotopic (exact) mass is 344 g/mol. The number of primary amides is 1. The van der Waals surface area contributed by atoms with Crippen LogP contribution in [0.15, 0.2) is 22.7 Å². The Balaban J connectivity index is 2.09.